The number of nitrogens with zero attached hydrogens (tertiary/aromatic N) is 2. The third-order valence-corrected chi connectivity index (χ3v) is 8.54. The Morgan fingerprint density at radius 1 is 0.760 bits per heavy atom. The number of benzene rings is 1. The Labute approximate surface area is 297 Å². The number of aryl methyl sites for hydroxylation is 1. The Kier molecular flexibility index (Phi) is 17.1. The summed E-state index contributed by atoms with van der Waals surface area (Å²) in [5, 5.41) is 18.5. The van der Waals surface area contributed by atoms with Crippen molar-refractivity contribution >= 4 is 35.4 Å². The molecule has 1 aromatic heterocycles. The van der Waals surface area contributed by atoms with E-state index in [2.05, 4.69) is 31.7 Å². The molecule has 1 heterocycles. The van der Waals surface area contributed by atoms with Gasteiger partial charge in [0.1, 0.15) is 18.1 Å². The number of rotatable bonds is 20. The molecule has 2 rings (SSSR count). The van der Waals surface area contributed by atoms with E-state index >= 15 is 0 Å². The summed E-state index contributed by atoms with van der Waals surface area (Å²) in [5.74, 6) is -1.77. The quantitative estimate of drug-likeness (QED) is 0.123. The molecule has 0 fully saturated rings. The van der Waals surface area contributed by atoms with Gasteiger partial charge in [-0.05, 0) is 42.1 Å². The van der Waals surface area contributed by atoms with Gasteiger partial charge in [-0.2, -0.15) is 5.10 Å². The number of nitrogens with one attached hydrogen (secondary N) is 5. The lowest BCUT2D eigenvalue weighted by atomic mass is 9.94. The molecule has 7 N–H and O–H groups in total. The fourth-order valence-electron chi connectivity index (χ4n) is 5.54. The molecule has 0 aliphatic rings. The normalized spacial score (nSPS) is 15.1. The van der Waals surface area contributed by atoms with Crippen molar-refractivity contribution in [1.82, 2.24) is 31.0 Å². The number of anilines is 1. The molecule has 0 aliphatic carbocycles. The van der Waals surface area contributed by atoms with Gasteiger partial charge in [0.15, 0.2) is 5.82 Å². The highest BCUT2D eigenvalue weighted by molar-refractivity contribution is 5.97. The minimum absolute atomic E-state index is 0.122. The number of hydrogen-bond acceptors (Lipinski definition) is 7. The monoisotopic (exact) mass is 696 g/mol. The van der Waals surface area contributed by atoms with Crippen molar-refractivity contribution in [2.75, 3.05) is 5.32 Å². The molecule has 0 bridgehead atoms. The van der Waals surface area contributed by atoms with Crippen LogP contribution in [0.25, 0.3) is 0 Å². The summed E-state index contributed by atoms with van der Waals surface area (Å²) in [7, 11) is 1.74. The van der Waals surface area contributed by atoms with Gasteiger partial charge < -0.3 is 32.3 Å². The first kappa shape index (κ1) is 41.9. The number of nitrogens with two attached hydrogens (primary N) is 1. The van der Waals surface area contributed by atoms with E-state index in [0.717, 1.165) is 5.56 Å². The van der Waals surface area contributed by atoms with Crippen molar-refractivity contribution in [3.8, 4) is 0 Å². The summed E-state index contributed by atoms with van der Waals surface area (Å²) in [6.45, 7) is 15.2. The van der Waals surface area contributed by atoms with E-state index in [0.29, 0.717) is 25.1 Å². The molecule has 2 aromatic rings. The predicted octanol–water partition coefficient (Wildman–Crippen LogP) is 3.05. The SMILES string of the molecule is CC[C@H](C)[C@H](NC(=O)C[C@H](N)C(Cc1ccccc1)NC(=O)[C@@H](NC(=O)[C@H](CC(C)C)NC(=O)CC(C)C)C(C)C)C(=O)Nc1ccn(C)n1. The van der Waals surface area contributed by atoms with E-state index in [9.17, 15) is 24.0 Å². The lowest BCUT2D eigenvalue weighted by Crippen LogP contribution is -2.59. The number of aromatic nitrogens is 2. The van der Waals surface area contributed by atoms with Crippen LogP contribution in [0.3, 0.4) is 0 Å². The first-order chi connectivity index (χ1) is 23.5. The zero-order chi connectivity index (χ0) is 37.5. The molecule has 0 saturated heterocycles. The molecular weight excluding hydrogens is 636 g/mol. The minimum Gasteiger partial charge on any atom is -0.350 e. The van der Waals surface area contributed by atoms with E-state index < -0.39 is 47.9 Å². The molecule has 1 unspecified atom stereocenters. The molecule has 13 heteroatoms. The van der Waals surface area contributed by atoms with Gasteiger partial charge in [-0.1, -0.05) is 92.1 Å². The Hall–Kier alpha value is -4.26. The summed E-state index contributed by atoms with van der Waals surface area (Å²) < 4.78 is 1.57. The summed E-state index contributed by atoms with van der Waals surface area (Å²) in [5.41, 5.74) is 7.55. The average Bonchev–Trinajstić information content (AvgIpc) is 3.44. The lowest BCUT2D eigenvalue weighted by molar-refractivity contribution is -0.133. The molecule has 6 atom stereocenters. The third-order valence-electron chi connectivity index (χ3n) is 8.54. The first-order valence-electron chi connectivity index (χ1n) is 17.8. The molecule has 0 saturated carbocycles. The second-order valence-electron chi connectivity index (χ2n) is 14.5. The van der Waals surface area contributed by atoms with Gasteiger partial charge in [-0.25, -0.2) is 0 Å². The van der Waals surface area contributed by atoms with Crippen LogP contribution in [0.5, 0.6) is 0 Å². The summed E-state index contributed by atoms with van der Waals surface area (Å²) in [6, 6.07) is 7.05. The Morgan fingerprint density at radius 2 is 1.40 bits per heavy atom. The molecule has 5 amide bonds. The first-order valence-corrected chi connectivity index (χ1v) is 17.8. The standard InChI is InChI=1S/C37H60N8O5/c1-10-25(8)34(37(50)41-30-16-17-45(9)44-30)42-32(47)21-27(38)28(20-26-14-12-11-13-15-26)40-36(49)33(24(6)7)43-35(48)29(18-22(2)3)39-31(46)19-23(4)5/h11-17,22-25,27-29,33-34H,10,18-21,38H2,1-9H3,(H,39,46)(H,40,49)(H,42,47)(H,43,48)(H,41,44,50)/t25-,27-,28?,29-,33-,34-/m0/s1. The van der Waals surface area contributed by atoms with E-state index in [1.807, 2.05) is 85.7 Å². The Morgan fingerprint density at radius 3 is 1.94 bits per heavy atom. The predicted molar refractivity (Wildman–Crippen MR) is 196 cm³/mol. The van der Waals surface area contributed by atoms with Crippen LogP contribution in [0, 0.1) is 23.7 Å². The molecule has 1 aromatic carbocycles. The van der Waals surface area contributed by atoms with E-state index in [1.54, 1.807) is 24.0 Å². The lowest BCUT2D eigenvalue weighted by Gasteiger charge is -2.30. The second kappa shape index (κ2) is 20.4. The third kappa shape index (κ3) is 14.3. The van der Waals surface area contributed by atoms with Crippen LogP contribution in [0.1, 0.15) is 86.6 Å². The Bertz CT molecular complexity index is 1390. The molecule has 278 valence electrons. The van der Waals surface area contributed by atoms with Gasteiger partial charge in [-0.3, -0.25) is 28.7 Å². The maximum Gasteiger partial charge on any atom is 0.248 e. The summed E-state index contributed by atoms with van der Waals surface area (Å²) >= 11 is 0. The van der Waals surface area contributed by atoms with Gasteiger partial charge in [0, 0.05) is 44.2 Å². The number of carbonyl (C=O) groups excluding carboxylic acids is 5. The molecule has 0 radical (unpaired) electrons. The van der Waals surface area contributed by atoms with E-state index in [4.69, 9.17) is 5.73 Å². The topological polar surface area (TPSA) is 189 Å². The highest BCUT2D eigenvalue weighted by Crippen LogP contribution is 2.15. The van der Waals surface area contributed by atoms with E-state index in [-0.39, 0.29) is 48.3 Å². The van der Waals surface area contributed by atoms with Gasteiger partial charge in [-0.15, -0.1) is 0 Å². The fraction of sp³-hybridized carbons (Fsp3) is 0.622. The van der Waals surface area contributed by atoms with Crippen LogP contribution < -0.4 is 32.3 Å². The van der Waals surface area contributed by atoms with Crippen molar-refractivity contribution in [3.05, 3.63) is 48.2 Å². The van der Waals surface area contributed by atoms with Crippen LogP contribution in [0.4, 0.5) is 5.82 Å². The van der Waals surface area contributed by atoms with Crippen molar-refractivity contribution in [1.29, 1.82) is 0 Å². The largest absolute Gasteiger partial charge is 0.350 e. The molecular formula is C37H60N8O5. The molecule has 13 nitrogen and oxygen atoms in total. The van der Waals surface area contributed by atoms with Crippen molar-refractivity contribution in [2.24, 2.45) is 36.5 Å². The number of hydrogen-bond donors (Lipinski definition) is 6. The average molecular weight is 697 g/mol. The Balaban J connectivity index is 2.23. The molecule has 50 heavy (non-hydrogen) atoms. The van der Waals surface area contributed by atoms with Crippen molar-refractivity contribution in [2.45, 2.75) is 118 Å². The van der Waals surface area contributed by atoms with Crippen LogP contribution in [0.2, 0.25) is 0 Å². The maximum absolute atomic E-state index is 13.9. The van der Waals surface area contributed by atoms with Gasteiger partial charge in [0.25, 0.3) is 0 Å². The van der Waals surface area contributed by atoms with Crippen LogP contribution >= 0.6 is 0 Å². The van der Waals surface area contributed by atoms with Gasteiger partial charge in [0.05, 0.1) is 0 Å². The number of amides is 5. The smallest absolute Gasteiger partial charge is 0.248 e. The van der Waals surface area contributed by atoms with Crippen LogP contribution in [-0.2, 0) is 37.4 Å². The van der Waals surface area contributed by atoms with E-state index in [1.165, 1.54) is 0 Å². The highest BCUT2D eigenvalue weighted by atomic mass is 16.2. The fourth-order valence-corrected chi connectivity index (χ4v) is 5.54. The highest BCUT2D eigenvalue weighted by Gasteiger charge is 2.33. The second-order valence-corrected chi connectivity index (χ2v) is 14.5. The van der Waals surface area contributed by atoms with Gasteiger partial charge >= 0.3 is 0 Å². The van der Waals surface area contributed by atoms with Crippen molar-refractivity contribution in [3.63, 3.8) is 0 Å². The van der Waals surface area contributed by atoms with Crippen molar-refractivity contribution < 1.29 is 24.0 Å². The summed E-state index contributed by atoms with van der Waals surface area (Å²) in [6.07, 6.45) is 3.21. The number of carbonyl (C=O) groups is 5. The molecule has 0 aliphatic heterocycles. The zero-order valence-corrected chi connectivity index (χ0v) is 31.3. The maximum atomic E-state index is 13.9. The van der Waals surface area contributed by atoms with Gasteiger partial charge in [0.2, 0.25) is 29.5 Å². The molecule has 0 spiro atoms. The zero-order valence-electron chi connectivity index (χ0n) is 31.3. The van der Waals surface area contributed by atoms with Crippen LogP contribution in [-0.4, -0.2) is 69.5 Å². The minimum atomic E-state index is -0.927. The summed E-state index contributed by atoms with van der Waals surface area (Å²) in [4.78, 5) is 66.5. The van der Waals surface area contributed by atoms with Crippen LogP contribution in [0.15, 0.2) is 42.6 Å².